The summed E-state index contributed by atoms with van der Waals surface area (Å²) in [5.74, 6) is -0.823. The minimum Gasteiger partial charge on any atom is -0.351 e. The highest BCUT2D eigenvalue weighted by atomic mass is 35.5. The second-order valence-electron chi connectivity index (χ2n) is 3.66. The van der Waals surface area contributed by atoms with Gasteiger partial charge in [0.2, 0.25) is 0 Å². The molecule has 0 aliphatic carbocycles. The van der Waals surface area contributed by atoms with Crippen molar-refractivity contribution in [1.82, 2.24) is 10.6 Å². The van der Waals surface area contributed by atoms with E-state index in [9.17, 15) is 9.18 Å². The van der Waals surface area contributed by atoms with E-state index in [1.54, 1.807) is 0 Å². The molecular weight excluding hydrogens is 243 g/mol. The van der Waals surface area contributed by atoms with Gasteiger partial charge in [0.1, 0.15) is 5.82 Å². The number of halogens is 2. The van der Waals surface area contributed by atoms with Gasteiger partial charge in [-0.1, -0.05) is 18.5 Å². The van der Waals surface area contributed by atoms with Crippen LogP contribution in [0.2, 0.25) is 5.02 Å². The van der Waals surface area contributed by atoms with Crippen molar-refractivity contribution in [2.45, 2.75) is 13.3 Å². The molecule has 1 aromatic rings. The summed E-state index contributed by atoms with van der Waals surface area (Å²) in [7, 11) is 0. The zero-order chi connectivity index (χ0) is 12.7. The molecule has 0 aromatic heterocycles. The van der Waals surface area contributed by atoms with E-state index in [0.717, 1.165) is 13.0 Å². The summed E-state index contributed by atoms with van der Waals surface area (Å²) in [4.78, 5) is 11.6. The van der Waals surface area contributed by atoms with Crippen LogP contribution in [0.1, 0.15) is 23.7 Å². The van der Waals surface area contributed by atoms with E-state index in [-0.39, 0.29) is 16.5 Å². The summed E-state index contributed by atoms with van der Waals surface area (Å²) in [6, 6.07) is 3.78. The third-order valence-corrected chi connectivity index (χ3v) is 2.36. The van der Waals surface area contributed by atoms with Crippen molar-refractivity contribution in [2.24, 2.45) is 0 Å². The van der Waals surface area contributed by atoms with Gasteiger partial charge >= 0.3 is 0 Å². The SMILES string of the molecule is CCCNCCNC(=O)c1cc(F)cc(Cl)c1. The van der Waals surface area contributed by atoms with Crippen LogP contribution in [0.15, 0.2) is 18.2 Å². The van der Waals surface area contributed by atoms with E-state index in [2.05, 4.69) is 17.6 Å². The third-order valence-electron chi connectivity index (χ3n) is 2.14. The van der Waals surface area contributed by atoms with Crippen molar-refractivity contribution in [3.63, 3.8) is 0 Å². The molecule has 1 rings (SSSR count). The van der Waals surface area contributed by atoms with Crippen LogP contribution in [0, 0.1) is 5.82 Å². The Morgan fingerprint density at radius 2 is 2.06 bits per heavy atom. The smallest absolute Gasteiger partial charge is 0.251 e. The lowest BCUT2D eigenvalue weighted by Crippen LogP contribution is -2.32. The monoisotopic (exact) mass is 258 g/mol. The fraction of sp³-hybridized carbons (Fsp3) is 0.417. The van der Waals surface area contributed by atoms with E-state index in [4.69, 9.17) is 11.6 Å². The van der Waals surface area contributed by atoms with Gasteiger partial charge < -0.3 is 10.6 Å². The number of hydrogen-bond acceptors (Lipinski definition) is 2. The van der Waals surface area contributed by atoms with Gasteiger partial charge in [-0.15, -0.1) is 0 Å². The first kappa shape index (κ1) is 13.9. The number of rotatable bonds is 6. The molecule has 0 heterocycles. The van der Waals surface area contributed by atoms with Gasteiger partial charge in [-0.25, -0.2) is 4.39 Å². The standard InChI is InChI=1S/C12H16ClFN2O/c1-2-3-15-4-5-16-12(17)9-6-10(13)8-11(14)7-9/h6-8,15H,2-5H2,1H3,(H,16,17). The van der Waals surface area contributed by atoms with E-state index >= 15 is 0 Å². The highest BCUT2D eigenvalue weighted by molar-refractivity contribution is 6.31. The number of nitrogens with one attached hydrogen (secondary N) is 2. The van der Waals surface area contributed by atoms with E-state index in [0.29, 0.717) is 13.1 Å². The predicted molar refractivity (Wildman–Crippen MR) is 66.9 cm³/mol. The highest BCUT2D eigenvalue weighted by Gasteiger charge is 2.07. The molecule has 0 radical (unpaired) electrons. The molecular formula is C12H16ClFN2O. The van der Waals surface area contributed by atoms with Gasteiger partial charge in [-0.05, 0) is 31.2 Å². The summed E-state index contributed by atoms with van der Waals surface area (Å²) in [6.07, 6.45) is 1.05. The summed E-state index contributed by atoms with van der Waals surface area (Å²) in [5.41, 5.74) is 0.241. The molecule has 5 heteroatoms. The molecule has 0 spiro atoms. The lowest BCUT2D eigenvalue weighted by Gasteiger charge is -2.06. The van der Waals surface area contributed by atoms with Crippen LogP contribution in [-0.4, -0.2) is 25.5 Å². The Morgan fingerprint density at radius 3 is 2.71 bits per heavy atom. The average Bonchev–Trinajstić information content (AvgIpc) is 2.27. The van der Waals surface area contributed by atoms with Crippen LogP contribution in [0.5, 0.6) is 0 Å². The average molecular weight is 259 g/mol. The molecule has 2 N–H and O–H groups in total. The Kier molecular flexibility index (Phi) is 5.94. The molecule has 3 nitrogen and oxygen atoms in total. The number of amides is 1. The molecule has 0 aliphatic rings. The molecule has 94 valence electrons. The molecule has 0 bridgehead atoms. The maximum atomic E-state index is 13.0. The molecule has 0 aliphatic heterocycles. The lowest BCUT2D eigenvalue weighted by molar-refractivity contribution is 0.0953. The van der Waals surface area contributed by atoms with Crippen molar-refractivity contribution >= 4 is 17.5 Å². The van der Waals surface area contributed by atoms with E-state index < -0.39 is 5.82 Å². The first-order chi connectivity index (χ1) is 8.13. The van der Waals surface area contributed by atoms with Crippen molar-refractivity contribution in [2.75, 3.05) is 19.6 Å². The first-order valence-corrected chi connectivity index (χ1v) is 5.96. The van der Waals surface area contributed by atoms with Crippen LogP contribution in [0.3, 0.4) is 0 Å². The summed E-state index contributed by atoms with van der Waals surface area (Å²) in [6.45, 7) is 4.19. The van der Waals surface area contributed by atoms with Gasteiger partial charge in [-0.2, -0.15) is 0 Å². The Bertz CT molecular complexity index is 365. The largest absolute Gasteiger partial charge is 0.351 e. The van der Waals surface area contributed by atoms with Crippen LogP contribution in [0.25, 0.3) is 0 Å². The van der Waals surface area contributed by atoms with E-state index in [1.165, 1.54) is 18.2 Å². The minimum absolute atomic E-state index is 0.222. The highest BCUT2D eigenvalue weighted by Crippen LogP contribution is 2.13. The third kappa shape index (κ3) is 5.15. The zero-order valence-corrected chi connectivity index (χ0v) is 10.5. The van der Waals surface area contributed by atoms with Crippen molar-refractivity contribution < 1.29 is 9.18 Å². The van der Waals surface area contributed by atoms with Gasteiger partial charge in [-0.3, -0.25) is 4.79 Å². The molecule has 1 amide bonds. The first-order valence-electron chi connectivity index (χ1n) is 5.58. The van der Waals surface area contributed by atoms with Gasteiger partial charge in [0.15, 0.2) is 0 Å². The Balaban J connectivity index is 2.41. The Hall–Kier alpha value is -1.13. The molecule has 0 unspecified atom stereocenters. The van der Waals surface area contributed by atoms with E-state index in [1.807, 2.05) is 0 Å². The Morgan fingerprint density at radius 1 is 1.29 bits per heavy atom. The minimum atomic E-state index is -0.508. The number of hydrogen-bond donors (Lipinski definition) is 2. The van der Waals surface area contributed by atoms with Crippen LogP contribution in [0.4, 0.5) is 4.39 Å². The zero-order valence-electron chi connectivity index (χ0n) is 9.72. The topological polar surface area (TPSA) is 41.1 Å². The normalized spacial score (nSPS) is 10.3. The fourth-order valence-electron chi connectivity index (χ4n) is 1.35. The lowest BCUT2D eigenvalue weighted by atomic mass is 10.2. The summed E-state index contributed by atoms with van der Waals surface area (Å²) < 4.78 is 13.0. The maximum Gasteiger partial charge on any atom is 0.251 e. The van der Waals surface area contributed by atoms with Crippen LogP contribution in [-0.2, 0) is 0 Å². The summed E-state index contributed by atoms with van der Waals surface area (Å²) in [5, 5.41) is 6.06. The molecule has 0 saturated heterocycles. The van der Waals surface area contributed by atoms with Crippen molar-refractivity contribution in [3.8, 4) is 0 Å². The van der Waals surface area contributed by atoms with Gasteiger partial charge in [0, 0.05) is 23.7 Å². The van der Waals surface area contributed by atoms with Crippen molar-refractivity contribution in [1.29, 1.82) is 0 Å². The second kappa shape index (κ2) is 7.25. The van der Waals surface area contributed by atoms with Gasteiger partial charge in [0.05, 0.1) is 0 Å². The number of carbonyl (C=O) groups is 1. The molecule has 0 atom stereocenters. The second-order valence-corrected chi connectivity index (χ2v) is 4.10. The molecule has 0 fully saturated rings. The fourth-order valence-corrected chi connectivity index (χ4v) is 1.57. The van der Waals surface area contributed by atoms with Crippen LogP contribution < -0.4 is 10.6 Å². The molecule has 17 heavy (non-hydrogen) atoms. The number of benzene rings is 1. The maximum absolute atomic E-state index is 13.0. The summed E-state index contributed by atoms with van der Waals surface area (Å²) >= 11 is 5.66. The molecule has 1 aromatic carbocycles. The predicted octanol–water partition coefficient (Wildman–Crippen LogP) is 2.21. The molecule has 0 saturated carbocycles. The quantitative estimate of drug-likeness (QED) is 0.768. The van der Waals surface area contributed by atoms with Crippen LogP contribution >= 0.6 is 11.6 Å². The van der Waals surface area contributed by atoms with Crippen molar-refractivity contribution in [3.05, 3.63) is 34.6 Å². The van der Waals surface area contributed by atoms with Gasteiger partial charge in [0.25, 0.3) is 5.91 Å². The Labute approximate surface area is 105 Å². The number of carbonyl (C=O) groups excluding carboxylic acids is 1.